The minimum atomic E-state index is 0.367. The molecule has 0 aliphatic carbocycles. The summed E-state index contributed by atoms with van der Waals surface area (Å²) >= 11 is 6.01. The highest BCUT2D eigenvalue weighted by Gasteiger charge is 2.06. The van der Waals surface area contributed by atoms with Crippen LogP contribution in [0.25, 0.3) is 0 Å². The van der Waals surface area contributed by atoms with Crippen LogP contribution in [-0.2, 0) is 0 Å². The second-order valence-corrected chi connectivity index (χ2v) is 4.79. The molecule has 0 fully saturated rings. The molecule has 0 saturated heterocycles. The number of nitrogen functional groups attached to an aromatic ring is 1. The van der Waals surface area contributed by atoms with Gasteiger partial charge in [-0.3, -0.25) is 0 Å². The average Bonchev–Trinajstić information content (AvgIpc) is 2.33. The van der Waals surface area contributed by atoms with Crippen molar-refractivity contribution in [2.24, 2.45) is 0 Å². The van der Waals surface area contributed by atoms with E-state index in [0.717, 1.165) is 5.75 Å². The lowest BCUT2D eigenvalue weighted by atomic mass is 10.0. The number of anilines is 1. The molecule has 0 radical (unpaired) electrons. The number of hydrogen-bond donors (Lipinski definition) is 1. The van der Waals surface area contributed by atoms with Crippen molar-refractivity contribution in [3.05, 3.63) is 47.1 Å². The number of halogens is 1. The Hall–Kier alpha value is -1.74. The van der Waals surface area contributed by atoms with Gasteiger partial charge in [0.05, 0.1) is 11.9 Å². The highest BCUT2D eigenvalue weighted by molar-refractivity contribution is 6.32. The van der Waals surface area contributed by atoms with Gasteiger partial charge in [-0.1, -0.05) is 37.6 Å². The van der Waals surface area contributed by atoms with E-state index in [9.17, 15) is 0 Å². The predicted octanol–water partition coefficient (Wildman–Crippen LogP) is 4.23. The lowest BCUT2D eigenvalue weighted by Gasteiger charge is -2.10. The Kier molecular flexibility index (Phi) is 3.72. The molecular weight excluding hydrogens is 248 g/mol. The van der Waals surface area contributed by atoms with Gasteiger partial charge in [0.15, 0.2) is 0 Å². The number of hydrogen-bond acceptors (Lipinski definition) is 3. The normalized spacial score (nSPS) is 10.7. The van der Waals surface area contributed by atoms with Crippen LogP contribution in [0.5, 0.6) is 11.6 Å². The molecule has 1 aromatic heterocycles. The molecule has 1 heterocycles. The van der Waals surface area contributed by atoms with E-state index < -0.39 is 0 Å². The zero-order valence-corrected chi connectivity index (χ0v) is 11.1. The molecule has 0 bridgehead atoms. The minimum Gasteiger partial charge on any atom is -0.438 e. The Morgan fingerprint density at radius 3 is 2.72 bits per heavy atom. The van der Waals surface area contributed by atoms with Gasteiger partial charge in [0.1, 0.15) is 10.8 Å². The van der Waals surface area contributed by atoms with Crippen LogP contribution < -0.4 is 10.5 Å². The van der Waals surface area contributed by atoms with Gasteiger partial charge in [0, 0.05) is 0 Å². The second kappa shape index (κ2) is 5.27. The topological polar surface area (TPSA) is 48.1 Å². The van der Waals surface area contributed by atoms with E-state index in [1.165, 1.54) is 11.8 Å². The van der Waals surface area contributed by atoms with Crippen molar-refractivity contribution in [3.8, 4) is 11.6 Å². The minimum absolute atomic E-state index is 0.367. The van der Waals surface area contributed by atoms with Gasteiger partial charge in [0.25, 0.3) is 0 Å². The Labute approximate surface area is 112 Å². The molecule has 18 heavy (non-hydrogen) atoms. The van der Waals surface area contributed by atoms with Gasteiger partial charge in [-0.15, -0.1) is 0 Å². The fraction of sp³-hybridized carbons (Fsp3) is 0.214. The maximum absolute atomic E-state index is 6.01. The molecule has 94 valence electrons. The van der Waals surface area contributed by atoms with E-state index >= 15 is 0 Å². The number of nitrogens with zero attached hydrogens (tertiary/aromatic N) is 1. The number of ether oxygens (including phenoxy) is 1. The van der Waals surface area contributed by atoms with Crippen molar-refractivity contribution >= 4 is 17.3 Å². The maximum atomic E-state index is 6.01. The van der Waals surface area contributed by atoms with Gasteiger partial charge in [-0.05, 0) is 29.7 Å². The molecule has 0 atom stereocenters. The fourth-order valence-corrected chi connectivity index (χ4v) is 1.78. The highest BCUT2D eigenvalue weighted by Crippen LogP contribution is 2.29. The van der Waals surface area contributed by atoms with Crippen molar-refractivity contribution < 1.29 is 4.74 Å². The van der Waals surface area contributed by atoms with Crippen LogP contribution in [-0.4, -0.2) is 4.98 Å². The first-order valence-electron chi connectivity index (χ1n) is 5.75. The Morgan fingerprint density at radius 1 is 1.28 bits per heavy atom. The largest absolute Gasteiger partial charge is 0.438 e. The summed E-state index contributed by atoms with van der Waals surface area (Å²) in [6.07, 6.45) is 1.52. The maximum Gasteiger partial charge on any atom is 0.238 e. The van der Waals surface area contributed by atoms with E-state index in [1.54, 1.807) is 6.07 Å². The lowest BCUT2D eigenvalue weighted by Crippen LogP contribution is -1.93. The summed E-state index contributed by atoms with van der Waals surface area (Å²) in [4.78, 5) is 4.07. The third kappa shape index (κ3) is 2.93. The van der Waals surface area contributed by atoms with Crippen LogP contribution in [0.4, 0.5) is 5.69 Å². The van der Waals surface area contributed by atoms with E-state index in [4.69, 9.17) is 22.1 Å². The first-order chi connectivity index (χ1) is 8.56. The molecular formula is C14H15ClN2O. The summed E-state index contributed by atoms with van der Waals surface area (Å²) in [5.74, 6) is 1.54. The summed E-state index contributed by atoms with van der Waals surface area (Å²) < 4.78 is 5.66. The summed E-state index contributed by atoms with van der Waals surface area (Å²) in [6, 6.07) is 9.50. The third-order valence-electron chi connectivity index (χ3n) is 2.57. The monoisotopic (exact) mass is 262 g/mol. The molecule has 3 nitrogen and oxygen atoms in total. The molecule has 2 aromatic rings. The molecule has 0 amide bonds. The molecule has 4 heteroatoms. The van der Waals surface area contributed by atoms with Crippen molar-refractivity contribution in [2.75, 3.05) is 5.73 Å². The number of pyridine rings is 1. The number of benzene rings is 1. The van der Waals surface area contributed by atoms with Crippen LogP contribution in [0, 0.1) is 0 Å². The molecule has 2 rings (SSSR count). The highest BCUT2D eigenvalue weighted by atomic mass is 35.5. The summed E-state index contributed by atoms with van der Waals surface area (Å²) in [5.41, 5.74) is 7.31. The Bertz CT molecular complexity index is 555. The van der Waals surface area contributed by atoms with E-state index in [0.29, 0.717) is 22.5 Å². The van der Waals surface area contributed by atoms with Gasteiger partial charge < -0.3 is 10.5 Å². The van der Waals surface area contributed by atoms with Crippen LogP contribution >= 0.6 is 11.6 Å². The quantitative estimate of drug-likeness (QED) is 0.900. The first-order valence-corrected chi connectivity index (χ1v) is 6.13. The fourth-order valence-electron chi connectivity index (χ4n) is 1.56. The summed E-state index contributed by atoms with van der Waals surface area (Å²) in [7, 11) is 0. The van der Waals surface area contributed by atoms with Gasteiger partial charge in [-0.2, -0.15) is 0 Å². The van der Waals surface area contributed by atoms with Crippen LogP contribution in [0.1, 0.15) is 25.3 Å². The summed E-state index contributed by atoms with van der Waals surface area (Å²) in [5, 5.41) is 0.407. The zero-order chi connectivity index (χ0) is 13.1. The second-order valence-electron chi connectivity index (χ2n) is 4.38. The molecule has 0 aliphatic heterocycles. The molecule has 0 spiro atoms. The molecule has 0 unspecified atom stereocenters. The predicted molar refractivity (Wildman–Crippen MR) is 74.3 cm³/mol. The van der Waals surface area contributed by atoms with Gasteiger partial charge in [-0.25, -0.2) is 4.98 Å². The zero-order valence-electron chi connectivity index (χ0n) is 10.4. The summed E-state index contributed by atoms with van der Waals surface area (Å²) in [6.45, 7) is 4.26. The van der Waals surface area contributed by atoms with Crippen LogP contribution in [0.2, 0.25) is 5.02 Å². The number of nitrogens with two attached hydrogens (primary N) is 1. The SMILES string of the molecule is CC(C)c1cccc(Oc2ncc(N)cc2Cl)c1. The van der Waals surface area contributed by atoms with Crippen molar-refractivity contribution in [1.29, 1.82) is 0 Å². The van der Waals surface area contributed by atoms with Gasteiger partial charge >= 0.3 is 0 Å². The van der Waals surface area contributed by atoms with E-state index in [2.05, 4.69) is 24.9 Å². The van der Waals surface area contributed by atoms with Crippen molar-refractivity contribution in [2.45, 2.75) is 19.8 Å². The van der Waals surface area contributed by atoms with E-state index in [1.807, 2.05) is 18.2 Å². The number of rotatable bonds is 3. The lowest BCUT2D eigenvalue weighted by molar-refractivity contribution is 0.462. The average molecular weight is 263 g/mol. The smallest absolute Gasteiger partial charge is 0.238 e. The van der Waals surface area contributed by atoms with Crippen molar-refractivity contribution in [3.63, 3.8) is 0 Å². The van der Waals surface area contributed by atoms with Crippen molar-refractivity contribution in [1.82, 2.24) is 4.98 Å². The molecule has 1 aromatic carbocycles. The van der Waals surface area contributed by atoms with Gasteiger partial charge in [0.2, 0.25) is 5.88 Å². The van der Waals surface area contributed by atoms with E-state index in [-0.39, 0.29) is 0 Å². The molecule has 2 N–H and O–H groups in total. The Morgan fingerprint density at radius 2 is 2.06 bits per heavy atom. The Balaban J connectivity index is 2.25. The van der Waals surface area contributed by atoms with Crippen LogP contribution in [0.3, 0.4) is 0 Å². The molecule has 0 aliphatic rings. The first kappa shape index (κ1) is 12.7. The number of aromatic nitrogens is 1. The third-order valence-corrected chi connectivity index (χ3v) is 2.84. The van der Waals surface area contributed by atoms with Crippen LogP contribution in [0.15, 0.2) is 36.5 Å². The molecule has 0 saturated carbocycles. The standard InChI is InChI=1S/C14H15ClN2O/c1-9(2)10-4-3-5-12(6-10)18-14-13(15)7-11(16)8-17-14/h3-9H,16H2,1-2H3.